The Balaban J connectivity index is 2.10. The third kappa shape index (κ3) is 3.43. The second-order valence-electron chi connectivity index (χ2n) is 5.30. The van der Waals surface area contributed by atoms with Crippen molar-refractivity contribution in [2.45, 2.75) is 46.7 Å². The first-order chi connectivity index (χ1) is 8.97. The monoisotopic (exact) mass is 274 g/mol. The quantitative estimate of drug-likeness (QED) is 0.889. The summed E-state index contributed by atoms with van der Waals surface area (Å²) in [6.45, 7) is 10.8. The zero-order valence-corrected chi connectivity index (χ0v) is 13.1. The van der Waals surface area contributed by atoms with Gasteiger partial charge in [-0.3, -0.25) is 0 Å². The summed E-state index contributed by atoms with van der Waals surface area (Å²) < 4.78 is 0. The minimum absolute atomic E-state index is 0.286. The summed E-state index contributed by atoms with van der Waals surface area (Å²) in [5.74, 6) is 0. The van der Waals surface area contributed by atoms with Gasteiger partial charge in [-0.2, -0.15) is 0 Å². The van der Waals surface area contributed by atoms with Gasteiger partial charge in [0.05, 0.1) is 6.04 Å². The molecule has 2 rings (SSSR count). The minimum atomic E-state index is 0.286. The number of benzene rings is 1. The highest BCUT2D eigenvalue weighted by molar-refractivity contribution is 7.09. The van der Waals surface area contributed by atoms with Crippen molar-refractivity contribution in [3.8, 4) is 0 Å². The van der Waals surface area contributed by atoms with Crippen molar-refractivity contribution in [2.75, 3.05) is 0 Å². The maximum Gasteiger partial charge on any atom is 0.110 e. The molecule has 1 N–H and O–H groups in total. The lowest BCUT2D eigenvalue weighted by atomic mass is 10.00. The highest BCUT2D eigenvalue weighted by Crippen LogP contribution is 2.24. The molecule has 2 nitrogen and oxygen atoms in total. The van der Waals surface area contributed by atoms with Crippen LogP contribution in [0.4, 0.5) is 0 Å². The summed E-state index contributed by atoms with van der Waals surface area (Å²) in [6, 6.07) is 7.27. The number of rotatable bonds is 4. The summed E-state index contributed by atoms with van der Waals surface area (Å²) in [5, 5.41) is 6.90. The van der Waals surface area contributed by atoms with E-state index in [0.29, 0.717) is 6.04 Å². The fourth-order valence-electron chi connectivity index (χ4n) is 2.42. The van der Waals surface area contributed by atoms with Gasteiger partial charge in [-0.15, -0.1) is 11.3 Å². The highest BCUT2D eigenvalue weighted by atomic mass is 32.1. The summed E-state index contributed by atoms with van der Waals surface area (Å²) in [6.07, 6.45) is 0. The normalized spacial score (nSPS) is 14.4. The van der Waals surface area contributed by atoms with Crippen molar-refractivity contribution in [1.82, 2.24) is 10.3 Å². The van der Waals surface area contributed by atoms with Crippen LogP contribution in [0.2, 0.25) is 0 Å². The van der Waals surface area contributed by atoms with E-state index in [1.807, 2.05) is 6.92 Å². The molecule has 2 unspecified atom stereocenters. The van der Waals surface area contributed by atoms with Crippen LogP contribution in [0.15, 0.2) is 23.6 Å². The minimum Gasteiger partial charge on any atom is -0.302 e. The molecule has 0 aliphatic heterocycles. The second kappa shape index (κ2) is 5.85. The SMILES string of the molecule is Cc1ccc(C(C)NC(C)c2nc(C)cs2)c(C)c1. The molecule has 0 fully saturated rings. The summed E-state index contributed by atoms with van der Waals surface area (Å²) in [7, 11) is 0. The van der Waals surface area contributed by atoms with Gasteiger partial charge in [-0.25, -0.2) is 4.98 Å². The van der Waals surface area contributed by atoms with E-state index >= 15 is 0 Å². The lowest BCUT2D eigenvalue weighted by Crippen LogP contribution is -2.23. The maximum absolute atomic E-state index is 4.55. The first-order valence-electron chi connectivity index (χ1n) is 6.72. The van der Waals surface area contributed by atoms with E-state index in [4.69, 9.17) is 0 Å². The zero-order chi connectivity index (χ0) is 14.0. The van der Waals surface area contributed by atoms with E-state index in [0.717, 1.165) is 10.7 Å². The molecule has 1 heterocycles. The van der Waals surface area contributed by atoms with Gasteiger partial charge in [0.1, 0.15) is 5.01 Å². The van der Waals surface area contributed by atoms with Gasteiger partial charge in [-0.1, -0.05) is 23.8 Å². The molecule has 0 aliphatic carbocycles. The number of nitrogens with zero attached hydrogens (tertiary/aromatic N) is 1. The van der Waals surface area contributed by atoms with Gasteiger partial charge in [0.25, 0.3) is 0 Å². The fourth-order valence-corrected chi connectivity index (χ4v) is 3.23. The molecular formula is C16H22N2S. The predicted octanol–water partition coefficient (Wildman–Crippen LogP) is 4.48. The third-order valence-corrected chi connectivity index (χ3v) is 4.54. The van der Waals surface area contributed by atoms with Crippen LogP contribution in [-0.2, 0) is 0 Å². The second-order valence-corrected chi connectivity index (χ2v) is 6.19. The van der Waals surface area contributed by atoms with Crippen LogP contribution in [0, 0.1) is 20.8 Å². The van der Waals surface area contributed by atoms with E-state index in [2.05, 4.69) is 61.6 Å². The molecule has 0 saturated carbocycles. The number of aryl methyl sites for hydroxylation is 3. The first kappa shape index (κ1) is 14.2. The molecule has 3 heteroatoms. The summed E-state index contributed by atoms with van der Waals surface area (Å²) in [5.41, 5.74) is 5.14. The average Bonchev–Trinajstić information content (AvgIpc) is 2.75. The van der Waals surface area contributed by atoms with Crippen LogP contribution in [0.25, 0.3) is 0 Å². The van der Waals surface area contributed by atoms with Gasteiger partial charge in [-0.05, 0) is 45.7 Å². The lowest BCUT2D eigenvalue weighted by molar-refractivity contribution is 0.491. The molecule has 0 aliphatic rings. The Morgan fingerprint density at radius 3 is 2.42 bits per heavy atom. The molecule has 0 radical (unpaired) electrons. The van der Waals surface area contributed by atoms with Crippen LogP contribution in [0.5, 0.6) is 0 Å². The fraction of sp³-hybridized carbons (Fsp3) is 0.438. The number of aromatic nitrogens is 1. The molecule has 1 aromatic carbocycles. The third-order valence-electron chi connectivity index (χ3n) is 3.40. The van der Waals surface area contributed by atoms with E-state index < -0.39 is 0 Å². The van der Waals surface area contributed by atoms with Crippen LogP contribution >= 0.6 is 11.3 Å². The van der Waals surface area contributed by atoms with Crippen LogP contribution in [-0.4, -0.2) is 4.98 Å². The van der Waals surface area contributed by atoms with Crippen molar-refractivity contribution >= 4 is 11.3 Å². The predicted molar refractivity (Wildman–Crippen MR) is 82.7 cm³/mol. The molecule has 19 heavy (non-hydrogen) atoms. The number of hydrogen-bond donors (Lipinski definition) is 1. The first-order valence-corrected chi connectivity index (χ1v) is 7.60. The Morgan fingerprint density at radius 2 is 1.84 bits per heavy atom. The zero-order valence-electron chi connectivity index (χ0n) is 12.3. The largest absolute Gasteiger partial charge is 0.302 e. The van der Waals surface area contributed by atoms with Gasteiger partial charge >= 0.3 is 0 Å². The summed E-state index contributed by atoms with van der Waals surface area (Å²) >= 11 is 1.73. The van der Waals surface area contributed by atoms with Crippen molar-refractivity contribution in [3.63, 3.8) is 0 Å². The lowest BCUT2D eigenvalue weighted by Gasteiger charge is -2.20. The van der Waals surface area contributed by atoms with Crippen molar-refractivity contribution in [1.29, 1.82) is 0 Å². The van der Waals surface area contributed by atoms with Crippen LogP contribution in [0.3, 0.4) is 0 Å². The Kier molecular flexibility index (Phi) is 4.38. The van der Waals surface area contributed by atoms with Gasteiger partial charge in [0.2, 0.25) is 0 Å². The molecule has 0 amide bonds. The molecule has 0 bridgehead atoms. The maximum atomic E-state index is 4.55. The molecular weight excluding hydrogens is 252 g/mol. The Hall–Kier alpha value is -1.19. The topological polar surface area (TPSA) is 24.9 Å². The van der Waals surface area contributed by atoms with E-state index in [1.54, 1.807) is 11.3 Å². The van der Waals surface area contributed by atoms with E-state index in [-0.39, 0.29) is 6.04 Å². The molecule has 2 atom stereocenters. The number of nitrogens with one attached hydrogen (secondary N) is 1. The van der Waals surface area contributed by atoms with E-state index in [9.17, 15) is 0 Å². The smallest absolute Gasteiger partial charge is 0.110 e. The number of hydrogen-bond acceptors (Lipinski definition) is 3. The highest BCUT2D eigenvalue weighted by Gasteiger charge is 2.14. The summed E-state index contributed by atoms with van der Waals surface area (Å²) in [4.78, 5) is 4.55. The molecule has 0 saturated heterocycles. The van der Waals surface area contributed by atoms with Gasteiger partial charge < -0.3 is 5.32 Å². The van der Waals surface area contributed by atoms with Crippen molar-refractivity contribution in [3.05, 3.63) is 51.0 Å². The molecule has 2 aromatic rings. The molecule has 1 aromatic heterocycles. The van der Waals surface area contributed by atoms with E-state index in [1.165, 1.54) is 16.7 Å². The van der Waals surface area contributed by atoms with Gasteiger partial charge in [0.15, 0.2) is 0 Å². The Bertz CT molecular complexity index is 560. The number of thiazole rings is 1. The Labute approximate surface area is 119 Å². The molecule has 0 spiro atoms. The average molecular weight is 274 g/mol. The van der Waals surface area contributed by atoms with Crippen molar-refractivity contribution < 1.29 is 0 Å². The van der Waals surface area contributed by atoms with Crippen LogP contribution in [0.1, 0.15) is 53.3 Å². The van der Waals surface area contributed by atoms with Crippen molar-refractivity contribution in [2.24, 2.45) is 0 Å². The molecule has 102 valence electrons. The standard InChI is InChI=1S/C16H22N2S/c1-10-6-7-15(11(2)8-10)13(4)18-14(5)16-17-12(3)9-19-16/h6-9,13-14,18H,1-5H3. The van der Waals surface area contributed by atoms with Crippen LogP contribution < -0.4 is 5.32 Å². The Morgan fingerprint density at radius 1 is 1.11 bits per heavy atom. The van der Waals surface area contributed by atoms with Gasteiger partial charge in [0, 0.05) is 17.1 Å².